The summed E-state index contributed by atoms with van der Waals surface area (Å²) in [4.78, 5) is 24.5. The predicted molar refractivity (Wildman–Crippen MR) is 52.6 cm³/mol. The van der Waals surface area contributed by atoms with Gasteiger partial charge in [-0.05, 0) is 24.2 Å². The molecule has 78 valence electrons. The zero-order valence-corrected chi connectivity index (χ0v) is 9.20. The second kappa shape index (κ2) is 2.59. The molecular weight excluding hydrogens is 178 g/mol. The quantitative estimate of drug-likeness (QED) is 0.628. The second-order valence-corrected chi connectivity index (χ2v) is 5.18. The number of ketones is 1. The van der Waals surface area contributed by atoms with Gasteiger partial charge in [0, 0.05) is 13.5 Å². The number of carbonyl (C=O) groups excluding carboxylic acids is 2. The number of fused-ring (bicyclic) bond motifs is 1. The Kier molecular flexibility index (Phi) is 1.79. The molecule has 3 nitrogen and oxygen atoms in total. The summed E-state index contributed by atoms with van der Waals surface area (Å²) in [6.45, 7) is 8.30. The third kappa shape index (κ3) is 1.04. The molecule has 1 heterocycles. The summed E-state index contributed by atoms with van der Waals surface area (Å²) in [5, 5.41) is 0. The molecule has 1 saturated heterocycles. The van der Waals surface area contributed by atoms with Crippen LogP contribution in [0.5, 0.6) is 0 Å². The Morgan fingerprint density at radius 1 is 1.29 bits per heavy atom. The fourth-order valence-electron chi connectivity index (χ4n) is 3.08. The van der Waals surface area contributed by atoms with Crippen LogP contribution in [-0.4, -0.2) is 29.2 Å². The second-order valence-electron chi connectivity index (χ2n) is 5.18. The van der Waals surface area contributed by atoms with Crippen molar-refractivity contribution in [3.8, 4) is 0 Å². The number of piperidine rings is 1. The van der Waals surface area contributed by atoms with Gasteiger partial charge in [0.15, 0.2) is 5.78 Å². The van der Waals surface area contributed by atoms with Crippen molar-refractivity contribution in [3.63, 3.8) is 0 Å². The number of carbonyl (C=O) groups is 2. The highest BCUT2D eigenvalue weighted by Gasteiger charge is 2.68. The van der Waals surface area contributed by atoms with Crippen LogP contribution in [0.15, 0.2) is 0 Å². The number of hydrogen-bond donors (Lipinski definition) is 0. The Labute approximate surface area is 84.5 Å². The number of hydrogen-bond acceptors (Lipinski definition) is 2. The lowest BCUT2D eigenvalue weighted by Gasteiger charge is -2.28. The van der Waals surface area contributed by atoms with Gasteiger partial charge in [-0.1, -0.05) is 13.8 Å². The molecule has 0 radical (unpaired) electrons. The summed E-state index contributed by atoms with van der Waals surface area (Å²) in [6.07, 6.45) is 0. The normalized spacial score (nSPS) is 38.0. The minimum Gasteiger partial charge on any atom is -0.332 e. The van der Waals surface area contributed by atoms with Crippen LogP contribution in [0.1, 0.15) is 27.7 Å². The van der Waals surface area contributed by atoms with Crippen molar-refractivity contribution >= 4 is 11.7 Å². The summed E-state index contributed by atoms with van der Waals surface area (Å²) >= 11 is 0. The minimum absolute atomic E-state index is 0.0354. The molecule has 2 fully saturated rings. The highest BCUT2D eigenvalue weighted by molar-refractivity contribution is 5.88. The molecule has 1 aliphatic carbocycles. The summed E-state index contributed by atoms with van der Waals surface area (Å²) in [5.41, 5.74) is 0.266. The lowest BCUT2D eigenvalue weighted by atomic mass is 9.99. The van der Waals surface area contributed by atoms with E-state index in [-0.39, 0.29) is 23.1 Å². The molecule has 14 heavy (non-hydrogen) atoms. The molecule has 0 aromatic carbocycles. The van der Waals surface area contributed by atoms with E-state index in [9.17, 15) is 9.59 Å². The molecule has 3 heteroatoms. The van der Waals surface area contributed by atoms with Crippen molar-refractivity contribution in [2.75, 3.05) is 6.54 Å². The maximum Gasteiger partial charge on any atom is 0.220 e. The van der Waals surface area contributed by atoms with Crippen molar-refractivity contribution < 1.29 is 9.59 Å². The third-order valence-electron chi connectivity index (χ3n) is 4.03. The minimum atomic E-state index is -0.146. The SMILES string of the molecule is CC(=O)C1C2C(CN1C(C)=O)C2(C)C. The molecule has 0 aromatic rings. The topological polar surface area (TPSA) is 37.4 Å². The van der Waals surface area contributed by atoms with Crippen LogP contribution in [0.25, 0.3) is 0 Å². The number of likely N-dealkylation sites (tertiary alicyclic amines) is 1. The zero-order chi connectivity index (χ0) is 10.7. The average Bonchev–Trinajstić information content (AvgIpc) is 2.47. The highest BCUT2D eigenvalue weighted by atomic mass is 16.2. The third-order valence-corrected chi connectivity index (χ3v) is 4.03. The Balaban J connectivity index is 2.23. The van der Waals surface area contributed by atoms with Gasteiger partial charge in [0.1, 0.15) is 0 Å². The van der Waals surface area contributed by atoms with Crippen molar-refractivity contribution in [2.24, 2.45) is 17.3 Å². The van der Waals surface area contributed by atoms with Crippen molar-refractivity contribution in [1.29, 1.82) is 0 Å². The molecule has 0 N–H and O–H groups in total. The van der Waals surface area contributed by atoms with Gasteiger partial charge in [-0.15, -0.1) is 0 Å². The van der Waals surface area contributed by atoms with E-state index in [4.69, 9.17) is 0 Å². The number of Topliss-reactive ketones (excluding diaryl/α,β-unsaturated/α-hetero) is 1. The maximum atomic E-state index is 11.5. The van der Waals surface area contributed by atoms with E-state index in [1.54, 1.807) is 18.7 Å². The average molecular weight is 195 g/mol. The van der Waals surface area contributed by atoms with Gasteiger partial charge in [-0.2, -0.15) is 0 Å². The largest absolute Gasteiger partial charge is 0.332 e. The maximum absolute atomic E-state index is 11.5. The summed E-state index contributed by atoms with van der Waals surface area (Å²) in [5.74, 6) is 1.12. The van der Waals surface area contributed by atoms with E-state index in [0.29, 0.717) is 11.8 Å². The first-order valence-corrected chi connectivity index (χ1v) is 5.15. The highest BCUT2D eigenvalue weighted by Crippen LogP contribution is 2.64. The standard InChI is InChI=1S/C11H17NO2/c1-6(13)10-9-8(11(9,3)4)5-12(10)7(2)14/h8-10H,5H2,1-4H3. The lowest BCUT2D eigenvalue weighted by molar-refractivity contribution is -0.136. The van der Waals surface area contributed by atoms with Crippen molar-refractivity contribution in [2.45, 2.75) is 33.7 Å². The molecule has 3 atom stereocenters. The molecule has 0 aromatic heterocycles. The molecule has 0 bridgehead atoms. The van der Waals surface area contributed by atoms with Crippen LogP contribution >= 0.6 is 0 Å². The molecule has 1 saturated carbocycles. The van der Waals surface area contributed by atoms with Gasteiger partial charge < -0.3 is 4.90 Å². The van der Waals surface area contributed by atoms with Crippen LogP contribution in [0.3, 0.4) is 0 Å². The number of amides is 1. The number of rotatable bonds is 1. The Morgan fingerprint density at radius 2 is 1.86 bits per heavy atom. The van der Waals surface area contributed by atoms with Crippen LogP contribution in [0.4, 0.5) is 0 Å². The van der Waals surface area contributed by atoms with E-state index >= 15 is 0 Å². The van der Waals surface area contributed by atoms with Crippen LogP contribution < -0.4 is 0 Å². The van der Waals surface area contributed by atoms with Gasteiger partial charge in [-0.25, -0.2) is 0 Å². The van der Waals surface area contributed by atoms with E-state index in [1.165, 1.54) is 0 Å². The molecule has 2 rings (SSSR count). The first-order valence-electron chi connectivity index (χ1n) is 5.15. The van der Waals surface area contributed by atoms with E-state index < -0.39 is 0 Å². The lowest BCUT2D eigenvalue weighted by Crippen LogP contribution is -2.43. The van der Waals surface area contributed by atoms with E-state index in [1.807, 2.05) is 0 Å². The van der Waals surface area contributed by atoms with Crippen molar-refractivity contribution in [3.05, 3.63) is 0 Å². The van der Waals surface area contributed by atoms with Gasteiger partial charge in [-0.3, -0.25) is 9.59 Å². The smallest absolute Gasteiger partial charge is 0.220 e. The molecule has 1 aliphatic heterocycles. The summed E-state index contributed by atoms with van der Waals surface area (Å²) in [7, 11) is 0. The number of nitrogens with zero attached hydrogens (tertiary/aromatic N) is 1. The monoisotopic (exact) mass is 195 g/mol. The van der Waals surface area contributed by atoms with Gasteiger partial charge >= 0.3 is 0 Å². The summed E-state index contributed by atoms with van der Waals surface area (Å²) in [6, 6.07) is -0.146. The summed E-state index contributed by atoms with van der Waals surface area (Å²) < 4.78 is 0. The molecular formula is C11H17NO2. The van der Waals surface area contributed by atoms with Crippen molar-refractivity contribution in [1.82, 2.24) is 4.90 Å². The molecule has 2 aliphatic rings. The predicted octanol–water partition coefficient (Wildman–Crippen LogP) is 1.08. The van der Waals surface area contributed by atoms with Gasteiger partial charge in [0.05, 0.1) is 6.04 Å². The van der Waals surface area contributed by atoms with Crippen LogP contribution in [-0.2, 0) is 9.59 Å². The zero-order valence-electron chi connectivity index (χ0n) is 9.20. The van der Waals surface area contributed by atoms with Crippen LogP contribution in [0, 0.1) is 17.3 Å². The van der Waals surface area contributed by atoms with Gasteiger partial charge in [0.2, 0.25) is 5.91 Å². The Bertz CT molecular complexity index is 308. The Morgan fingerprint density at radius 3 is 2.29 bits per heavy atom. The molecule has 1 amide bonds. The van der Waals surface area contributed by atoms with E-state index in [0.717, 1.165) is 6.54 Å². The molecule has 3 unspecified atom stereocenters. The fraction of sp³-hybridized carbons (Fsp3) is 0.818. The van der Waals surface area contributed by atoms with Gasteiger partial charge in [0.25, 0.3) is 0 Å². The fourth-order valence-corrected chi connectivity index (χ4v) is 3.08. The van der Waals surface area contributed by atoms with E-state index in [2.05, 4.69) is 13.8 Å². The first kappa shape index (κ1) is 9.69. The Hall–Kier alpha value is -0.860. The molecule has 0 spiro atoms. The first-order chi connectivity index (χ1) is 6.37. The van der Waals surface area contributed by atoms with Crippen LogP contribution in [0.2, 0.25) is 0 Å².